The minimum atomic E-state index is -0.123. The Morgan fingerprint density at radius 2 is 1.97 bits per heavy atom. The predicted molar refractivity (Wildman–Crippen MR) is 119 cm³/mol. The highest BCUT2D eigenvalue weighted by Crippen LogP contribution is 2.34. The smallest absolute Gasteiger partial charge is 0.259 e. The topological polar surface area (TPSA) is 84.1 Å². The van der Waals surface area contributed by atoms with E-state index in [1.165, 1.54) is 16.9 Å². The van der Waals surface area contributed by atoms with E-state index >= 15 is 0 Å². The summed E-state index contributed by atoms with van der Waals surface area (Å²) < 4.78 is 5.56. The molecule has 1 aromatic carbocycles. The number of aromatic nitrogens is 2. The van der Waals surface area contributed by atoms with Gasteiger partial charge in [-0.15, -0.1) is 11.3 Å². The molecule has 0 unspecified atom stereocenters. The fourth-order valence-electron chi connectivity index (χ4n) is 4.13. The summed E-state index contributed by atoms with van der Waals surface area (Å²) in [5.41, 5.74) is 2.01. The zero-order chi connectivity index (χ0) is 21.1. The van der Waals surface area contributed by atoms with Crippen molar-refractivity contribution in [2.45, 2.75) is 44.9 Å². The quantitative estimate of drug-likeness (QED) is 0.634. The summed E-state index contributed by atoms with van der Waals surface area (Å²) in [4.78, 5) is 34.2. The molecule has 30 heavy (non-hydrogen) atoms. The highest BCUT2D eigenvalue weighted by molar-refractivity contribution is 7.18. The van der Waals surface area contributed by atoms with Crippen LogP contribution >= 0.6 is 11.3 Å². The fraction of sp³-hybridized carbons (Fsp3) is 0.435. The molecule has 1 amide bonds. The van der Waals surface area contributed by atoms with Gasteiger partial charge in [0.15, 0.2) is 0 Å². The van der Waals surface area contributed by atoms with Crippen molar-refractivity contribution in [3.05, 3.63) is 62.5 Å². The Morgan fingerprint density at radius 3 is 2.70 bits per heavy atom. The summed E-state index contributed by atoms with van der Waals surface area (Å²) in [6, 6.07) is 10.4. The van der Waals surface area contributed by atoms with Crippen molar-refractivity contribution in [2.75, 3.05) is 19.8 Å². The maximum Gasteiger partial charge on any atom is 0.259 e. The third-order valence-corrected chi connectivity index (χ3v) is 7.24. The molecule has 158 valence electrons. The number of carbonyl (C=O) groups is 1. The van der Waals surface area contributed by atoms with E-state index in [4.69, 9.17) is 4.74 Å². The largest absolute Gasteiger partial charge is 0.381 e. The monoisotopic (exact) mass is 425 g/mol. The number of aryl methyl sites for hydroxylation is 3. The van der Waals surface area contributed by atoms with Gasteiger partial charge in [-0.1, -0.05) is 30.3 Å². The molecule has 1 fully saturated rings. The van der Waals surface area contributed by atoms with Gasteiger partial charge in [-0.25, -0.2) is 4.98 Å². The van der Waals surface area contributed by atoms with E-state index in [1.54, 1.807) is 0 Å². The normalized spacial score (nSPS) is 15.9. The van der Waals surface area contributed by atoms with E-state index < -0.39 is 0 Å². The molecule has 4 rings (SSSR count). The second-order valence-corrected chi connectivity index (χ2v) is 9.21. The van der Waals surface area contributed by atoms with Gasteiger partial charge < -0.3 is 15.0 Å². The molecule has 0 bridgehead atoms. The lowest BCUT2D eigenvalue weighted by molar-refractivity contribution is -0.121. The number of hydrogen-bond acceptors (Lipinski definition) is 5. The van der Waals surface area contributed by atoms with Crippen LogP contribution in [0.25, 0.3) is 10.2 Å². The molecule has 2 N–H and O–H groups in total. The Labute approximate surface area is 179 Å². The lowest BCUT2D eigenvalue weighted by Crippen LogP contribution is -2.44. The third-order valence-electron chi connectivity index (χ3n) is 6.14. The van der Waals surface area contributed by atoms with Crippen LogP contribution in [0.2, 0.25) is 0 Å². The van der Waals surface area contributed by atoms with Crippen molar-refractivity contribution in [1.29, 1.82) is 0 Å². The number of benzene rings is 1. The van der Waals surface area contributed by atoms with Crippen LogP contribution in [-0.2, 0) is 21.4 Å². The number of H-pyrrole nitrogens is 1. The zero-order valence-electron chi connectivity index (χ0n) is 17.4. The van der Waals surface area contributed by atoms with Crippen molar-refractivity contribution in [2.24, 2.45) is 0 Å². The minimum Gasteiger partial charge on any atom is -0.381 e. The lowest BCUT2D eigenvalue weighted by atomic mass is 9.74. The van der Waals surface area contributed by atoms with Crippen molar-refractivity contribution >= 4 is 27.5 Å². The highest BCUT2D eigenvalue weighted by Gasteiger charge is 2.34. The summed E-state index contributed by atoms with van der Waals surface area (Å²) in [7, 11) is 0. The Balaban J connectivity index is 1.41. The first-order chi connectivity index (χ1) is 14.5. The molecule has 7 heteroatoms. The van der Waals surface area contributed by atoms with Gasteiger partial charge in [-0.3, -0.25) is 9.59 Å². The average molecular weight is 426 g/mol. The summed E-state index contributed by atoms with van der Waals surface area (Å²) in [6.45, 7) is 5.93. The standard InChI is InChI=1S/C23H27N3O3S/c1-15-16(2)30-22-20(15)21(28)25-18(26-22)8-9-19(27)24-14-23(10-12-29-13-11-23)17-6-4-3-5-7-17/h3-7H,8-14H2,1-2H3,(H,24,27)(H,25,26,28). The molecule has 0 saturated carbocycles. The maximum atomic E-state index is 12.6. The molecule has 3 aromatic rings. The number of amides is 1. The van der Waals surface area contributed by atoms with Gasteiger partial charge in [0.1, 0.15) is 10.7 Å². The van der Waals surface area contributed by atoms with Gasteiger partial charge in [0.05, 0.1) is 5.39 Å². The molecular formula is C23H27N3O3S. The van der Waals surface area contributed by atoms with Crippen molar-refractivity contribution in [3.8, 4) is 0 Å². The van der Waals surface area contributed by atoms with Crippen LogP contribution in [0, 0.1) is 13.8 Å². The van der Waals surface area contributed by atoms with E-state index in [0.717, 1.165) is 28.1 Å². The first kappa shape index (κ1) is 20.8. The second kappa shape index (κ2) is 8.70. The molecule has 1 aliphatic rings. The van der Waals surface area contributed by atoms with E-state index in [1.807, 2.05) is 32.0 Å². The van der Waals surface area contributed by atoms with Gasteiger partial charge in [0.25, 0.3) is 5.56 Å². The SMILES string of the molecule is Cc1sc2nc(CCC(=O)NCC3(c4ccccc4)CCOCC3)[nH]c(=O)c2c1C. The number of aromatic amines is 1. The molecule has 6 nitrogen and oxygen atoms in total. The Morgan fingerprint density at radius 1 is 1.23 bits per heavy atom. The number of nitrogens with one attached hydrogen (secondary N) is 2. The van der Waals surface area contributed by atoms with Crippen LogP contribution in [0.5, 0.6) is 0 Å². The Kier molecular flexibility index (Phi) is 6.01. The molecule has 0 radical (unpaired) electrons. The van der Waals surface area contributed by atoms with Gasteiger partial charge in [0, 0.05) is 42.9 Å². The molecule has 0 spiro atoms. The first-order valence-electron chi connectivity index (χ1n) is 10.4. The van der Waals surface area contributed by atoms with E-state index in [0.29, 0.717) is 43.8 Å². The van der Waals surface area contributed by atoms with Crippen molar-refractivity contribution < 1.29 is 9.53 Å². The number of carbonyl (C=O) groups excluding carboxylic acids is 1. The number of hydrogen-bond donors (Lipinski definition) is 2. The second-order valence-electron chi connectivity index (χ2n) is 8.01. The molecule has 1 saturated heterocycles. The lowest BCUT2D eigenvalue weighted by Gasteiger charge is -2.38. The highest BCUT2D eigenvalue weighted by atomic mass is 32.1. The number of ether oxygens (including phenoxy) is 1. The zero-order valence-corrected chi connectivity index (χ0v) is 18.2. The Hall–Kier alpha value is -2.51. The molecule has 1 aliphatic heterocycles. The third kappa shape index (κ3) is 4.18. The van der Waals surface area contributed by atoms with Gasteiger partial charge in [-0.2, -0.15) is 0 Å². The van der Waals surface area contributed by atoms with E-state index in [-0.39, 0.29) is 16.9 Å². The predicted octanol–water partition coefficient (Wildman–Crippen LogP) is 3.40. The van der Waals surface area contributed by atoms with E-state index in [9.17, 15) is 9.59 Å². The maximum absolute atomic E-state index is 12.6. The van der Waals surface area contributed by atoms with Crippen molar-refractivity contribution in [3.63, 3.8) is 0 Å². The number of fused-ring (bicyclic) bond motifs is 1. The summed E-state index contributed by atoms with van der Waals surface area (Å²) in [6.07, 6.45) is 2.48. The number of rotatable bonds is 6. The molecule has 3 heterocycles. The summed E-state index contributed by atoms with van der Waals surface area (Å²) in [5.74, 6) is 0.533. The van der Waals surface area contributed by atoms with Crippen LogP contribution in [0.1, 0.15) is 41.1 Å². The van der Waals surface area contributed by atoms with Crippen LogP contribution in [0.4, 0.5) is 0 Å². The average Bonchev–Trinajstić information content (AvgIpc) is 3.06. The first-order valence-corrected chi connectivity index (χ1v) is 11.2. The molecule has 0 atom stereocenters. The molecule has 0 aliphatic carbocycles. The molecular weight excluding hydrogens is 398 g/mol. The number of thiophene rings is 1. The van der Waals surface area contributed by atoms with Crippen LogP contribution in [-0.4, -0.2) is 35.6 Å². The van der Waals surface area contributed by atoms with Gasteiger partial charge in [0.2, 0.25) is 5.91 Å². The number of nitrogens with zero attached hydrogens (tertiary/aromatic N) is 1. The molecule has 2 aromatic heterocycles. The van der Waals surface area contributed by atoms with Crippen molar-refractivity contribution in [1.82, 2.24) is 15.3 Å². The van der Waals surface area contributed by atoms with E-state index in [2.05, 4.69) is 27.4 Å². The van der Waals surface area contributed by atoms with Crippen LogP contribution < -0.4 is 10.9 Å². The summed E-state index contributed by atoms with van der Waals surface area (Å²) in [5, 5.41) is 3.78. The van der Waals surface area contributed by atoms with Crippen LogP contribution in [0.3, 0.4) is 0 Å². The fourth-order valence-corrected chi connectivity index (χ4v) is 5.18. The van der Waals surface area contributed by atoms with Gasteiger partial charge in [-0.05, 0) is 37.8 Å². The Bertz CT molecular complexity index is 1100. The van der Waals surface area contributed by atoms with Gasteiger partial charge >= 0.3 is 0 Å². The van der Waals surface area contributed by atoms with Crippen LogP contribution in [0.15, 0.2) is 35.1 Å². The minimum absolute atomic E-state index is 0.0296. The summed E-state index contributed by atoms with van der Waals surface area (Å²) >= 11 is 1.52.